The monoisotopic (exact) mass is 694 g/mol. The number of aliphatic hydroxyl groups is 3. The van der Waals surface area contributed by atoms with Crippen LogP contribution in [0.1, 0.15) is 72.9 Å². The molecule has 7 N–H and O–H groups in total. The summed E-state index contributed by atoms with van der Waals surface area (Å²) in [6.07, 6.45) is -4.38. The molecule has 0 amide bonds. The molecule has 5 atom stereocenters. The molecule has 2 heterocycles. The Bertz CT molecular complexity index is 1620. The third kappa shape index (κ3) is 8.36. The van der Waals surface area contributed by atoms with Gasteiger partial charge in [0.2, 0.25) is 0 Å². The smallest absolute Gasteiger partial charge is 0.184 e. The summed E-state index contributed by atoms with van der Waals surface area (Å²) in [5.41, 5.74) is 5.53. The van der Waals surface area contributed by atoms with Gasteiger partial charge < -0.3 is 45.2 Å². The van der Waals surface area contributed by atoms with Crippen molar-refractivity contribution in [2.45, 2.75) is 75.8 Å². The topological polar surface area (TPSA) is 160 Å². The van der Waals surface area contributed by atoms with Crippen LogP contribution in [0.3, 0.4) is 0 Å². The Morgan fingerprint density at radius 1 is 0.451 bits per heavy atom. The van der Waals surface area contributed by atoms with Crippen LogP contribution in [-0.2, 0) is 9.47 Å². The lowest BCUT2D eigenvalue weighted by atomic mass is 9.81. The number of aliphatic hydroxyl groups excluding tert-OH is 3. The number of phenols is 4. The Balaban J connectivity index is 0.000000280. The van der Waals surface area contributed by atoms with E-state index in [2.05, 4.69) is 24.3 Å². The van der Waals surface area contributed by atoms with Gasteiger partial charge in [-0.25, -0.2) is 0 Å². The van der Waals surface area contributed by atoms with Gasteiger partial charge in [-0.05, 0) is 95.8 Å². The third-order valence-electron chi connectivity index (χ3n) is 9.22. The minimum Gasteiger partial charge on any atom is -0.508 e. The van der Waals surface area contributed by atoms with Crippen LogP contribution in [0.2, 0.25) is 0 Å². The Hall–Kier alpha value is -4.90. The van der Waals surface area contributed by atoms with E-state index in [1.54, 1.807) is 62.4 Å². The lowest BCUT2D eigenvalue weighted by molar-refractivity contribution is -0.171. The van der Waals surface area contributed by atoms with E-state index in [0.717, 1.165) is 33.4 Å². The van der Waals surface area contributed by atoms with Crippen molar-refractivity contribution in [3.05, 3.63) is 155 Å². The molecule has 2 aliphatic heterocycles. The molecule has 268 valence electrons. The number of hydrogen-bond donors (Lipinski definition) is 7. The molecule has 5 unspecified atom stereocenters. The second-order valence-corrected chi connectivity index (χ2v) is 13.0. The van der Waals surface area contributed by atoms with Crippen LogP contribution in [0.25, 0.3) is 0 Å². The molecule has 9 nitrogen and oxygen atoms in total. The first-order chi connectivity index (χ1) is 24.4. The summed E-state index contributed by atoms with van der Waals surface area (Å²) >= 11 is 0. The zero-order valence-electron chi connectivity index (χ0n) is 29.0. The van der Waals surface area contributed by atoms with Crippen molar-refractivity contribution in [3.63, 3.8) is 0 Å². The fraction of sp³-hybridized carbons (Fsp3) is 0.286. The molecule has 0 bridgehead atoms. The molecule has 7 rings (SSSR count). The molecule has 0 saturated carbocycles. The maximum Gasteiger partial charge on any atom is 0.184 e. The average molecular weight is 695 g/mol. The molecule has 2 aliphatic rings. The van der Waals surface area contributed by atoms with E-state index in [9.17, 15) is 30.6 Å². The fourth-order valence-electron chi connectivity index (χ4n) is 6.59. The zero-order valence-corrected chi connectivity index (χ0v) is 29.0. The molecule has 0 radical (unpaired) electrons. The van der Waals surface area contributed by atoms with E-state index in [0.29, 0.717) is 0 Å². The molecular formula is C42H46O9. The number of aromatic hydroxyl groups is 4. The van der Waals surface area contributed by atoms with E-state index >= 15 is 0 Å². The molecule has 0 aromatic heterocycles. The summed E-state index contributed by atoms with van der Waals surface area (Å²) < 4.78 is 10.4. The molecule has 2 fully saturated rings. The maximum atomic E-state index is 9.80. The van der Waals surface area contributed by atoms with Crippen molar-refractivity contribution in [3.8, 4) is 23.0 Å². The van der Waals surface area contributed by atoms with Gasteiger partial charge in [0.25, 0.3) is 0 Å². The molecule has 9 heteroatoms. The van der Waals surface area contributed by atoms with Crippen LogP contribution in [0.5, 0.6) is 23.0 Å². The van der Waals surface area contributed by atoms with E-state index in [4.69, 9.17) is 14.6 Å². The third-order valence-corrected chi connectivity index (χ3v) is 9.22. The SMILES string of the molecule is CC.CC1(C)OC2C(O)C(O)OC2C1O.Oc1ccc(C(c2ccc(O)cc2)c2ccc(C(c3ccc(O)cc3)c3ccc(O)cc3)cc2)cc1. The van der Waals surface area contributed by atoms with Crippen LogP contribution in [0, 0.1) is 0 Å². The van der Waals surface area contributed by atoms with Crippen molar-refractivity contribution >= 4 is 0 Å². The lowest BCUT2D eigenvalue weighted by Gasteiger charge is -2.25. The number of phenolic OH excluding ortho intramolecular Hbond substituents is 4. The van der Waals surface area contributed by atoms with Crippen molar-refractivity contribution in [1.82, 2.24) is 0 Å². The normalized spacial score (nSPS) is 21.7. The standard InChI is InChI=1S/C32H26O4.C8H14O5.C2H6/c33-27-13-5-23(6-14-27)31(24-7-15-28(34)16-8-24)21-1-2-22(4-3-21)32(25-9-17-29(35)18-10-25)26-11-19-30(36)20-12-26;1-8(2)6(10)5-4(13-8)3(9)7(11)12-5;1-2/h1-20,31-36H;3-7,9-11H,1-2H3;1-2H3. The molecule has 5 aromatic carbocycles. The Kier molecular flexibility index (Phi) is 11.7. The van der Waals surface area contributed by atoms with Gasteiger partial charge in [-0.15, -0.1) is 0 Å². The predicted molar refractivity (Wildman–Crippen MR) is 194 cm³/mol. The van der Waals surface area contributed by atoms with Gasteiger partial charge in [-0.1, -0.05) is 86.6 Å². The maximum absolute atomic E-state index is 9.80. The molecule has 2 saturated heterocycles. The first-order valence-corrected chi connectivity index (χ1v) is 17.0. The van der Waals surface area contributed by atoms with Gasteiger partial charge in [0.05, 0.1) is 5.60 Å². The lowest BCUT2D eigenvalue weighted by Crippen LogP contribution is -2.39. The van der Waals surface area contributed by atoms with Gasteiger partial charge in [0.15, 0.2) is 6.29 Å². The van der Waals surface area contributed by atoms with Gasteiger partial charge in [-0.2, -0.15) is 0 Å². The average Bonchev–Trinajstić information content (AvgIpc) is 3.53. The van der Waals surface area contributed by atoms with E-state index in [1.165, 1.54) is 0 Å². The summed E-state index contributed by atoms with van der Waals surface area (Å²) in [7, 11) is 0. The number of benzene rings is 5. The Morgan fingerprint density at radius 3 is 0.961 bits per heavy atom. The summed E-state index contributed by atoms with van der Waals surface area (Å²) in [6.45, 7) is 7.44. The number of ether oxygens (including phenoxy) is 2. The first-order valence-electron chi connectivity index (χ1n) is 17.0. The molecule has 5 aromatic rings. The summed E-state index contributed by atoms with van der Waals surface area (Å²) in [6, 6.07) is 37.2. The summed E-state index contributed by atoms with van der Waals surface area (Å²) in [5, 5.41) is 67.4. The largest absolute Gasteiger partial charge is 0.508 e. The van der Waals surface area contributed by atoms with E-state index < -0.39 is 36.3 Å². The van der Waals surface area contributed by atoms with Crippen LogP contribution >= 0.6 is 0 Å². The fourth-order valence-corrected chi connectivity index (χ4v) is 6.59. The molecule has 0 aliphatic carbocycles. The van der Waals surface area contributed by atoms with Crippen LogP contribution < -0.4 is 0 Å². The minimum absolute atomic E-state index is 0.0824. The molecule has 0 spiro atoms. The second kappa shape index (κ2) is 16.0. The highest BCUT2D eigenvalue weighted by molar-refractivity contribution is 5.49. The number of fused-ring (bicyclic) bond motifs is 1. The van der Waals surface area contributed by atoms with Crippen molar-refractivity contribution in [1.29, 1.82) is 0 Å². The van der Waals surface area contributed by atoms with Gasteiger partial charge in [-0.3, -0.25) is 0 Å². The minimum atomic E-state index is -1.25. The van der Waals surface area contributed by atoms with Crippen LogP contribution in [0.15, 0.2) is 121 Å². The van der Waals surface area contributed by atoms with Crippen LogP contribution in [0.4, 0.5) is 0 Å². The summed E-state index contributed by atoms with van der Waals surface area (Å²) in [5.74, 6) is 0.684. The number of rotatable bonds is 6. The molecular weight excluding hydrogens is 648 g/mol. The highest BCUT2D eigenvalue weighted by Gasteiger charge is 2.58. The summed E-state index contributed by atoms with van der Waals surface area (Å²) in [4.78, 5) is 0. The predicted octanol–water partition coefficient (Wildman–Crippen LogP) is 6.50. The van der Waals surface area contributed by atoms with Crippen molar-refractivity contribution < 1.29 is 45.2 Å². The Labute approximate surface area is 298 Å². The van der Waals surface area contributed by atoms with Crippen molar-refractivity contribution in [2.24, 2.45) is 0 Å². The van der Waals surface area contributed by atoms with Crippen LogP contribution in [-0.4, -0.2) is 72.1 Å². The van der Waals surface area contributed by atoms with Gasteiger partial charge in [0, 0.05) is 11.8 Å². The highest BCUT2D eigenvalue weighted by Crippen LogP contribution is 2.40. The van der Waals surface area contributed by atoms with E-state index in [-0.39, 0.29) is 34.8 Å². The quantitative estimate of drug-likeness (QED) is 0.0985. The van der Waals surface area contributed by atoms with E-state index in [1.807, 2.05) is 62.4 Å². The molecule has 51 heavy (non-hydrogen) atoms. The van der Waals surface area contributed by atoms with Crippen molar-refractivity contribution in [2.75, 3.05) is 0 Å². The zero-order chi connectivity index (χ0) is 36.9. The Morgan fingerprint density at radius 2 is 0.706 bits per heavy atom. The highest BCUT2D eigenvalue weighted by atomic mass is 16.7. The van der Waals surface area contributed by atoms with Gasteiger partial charge in [0.1, 0.15) is 47.4 Å². The number of hydrogen-bond acceptors (Lipinski definition) is 9. The second-order valence-electron chi connectivity index (χ2n) is 13.0. The first kappa shape index (κ1) is 37.4. The van der Waals surface area contributed by atoms with Gasteiger partial charge >= 0.3 is 0 Å².